The normalized spacial score (nSPS) is 17.1. The maximum absolute atomic E-state index is 11.6. The third-order valence-corrected chi connectivity index (χ3v) is 8.90. The molecule has 0 saturated carbocycles. The van der Waals surface area contributed by atoms with E-state index in [-0.39, 0.29) is 31.6 Å². The molecule has 0 aliphatic carbocycles. The van der Waals surface area contributed by atoms with Gasteiger partial charge in [-0.25, -0.2) is 4.98 Å². The van der Waals surface area contributed by atoms with Crippen LogP contribution in [0.5, 0.6) is 5.75 Å². The lowest BCUT2D eigenvalue weighted by atomic mass is 10.2. The molecule has 39 heavy (non-hydrogen) atoms. The molecule has 218 valence electrons. The van der Waals surface area contributed by atoms with Crippen molar-refractivity contribution in [3.05, 3.63) is 48.3 Å². The minimum Gasteiger partial charge on any atom is -0.491 e. The molecule has 11 nitrogen and oxygen atoms in total. The predicted molar refractivity (Wildman–Crippen MR) is 164 cm³/mol. The summed E-state index contributed by atoms with van der Waals surface area (Å²) in [6.45, 7) is 3.78. The standard InChI is InChI=1S/C23H27N5O3S3.CH4O.CH4.2H2O/c29-7-8-31-17-11-16-12-20(23-25-14-18(32-23)15-28-5-9-34(30)10-6-28)26-22(16)19(13-17)27-33-21-3-1-2-4-24-21;1-2;;;/h1-4,11-13,18,26-27,29H,5-10,14-15H2;2H,1H3;1H4;2*1H2. The molecule has 1 aromatic carbocycles. The third kappa shape index (κ3) is 9.46. The Kier molecular flexibility index (Phi) is 15.6. The number of rotatable bonds is 9. The van der Waals surface area contributed by atoms with Gasteiger partial charge < -0.3 is 40.5 Å². The zero-order valence-electron chi connectivity index (χ0n) is 21.1. The van der Waals surface area contributed by atoms with E-state index < -0.39 is 10.8 Å². The van der Waals surface area contributed by atoms with Crippen LogP contribution in [-0.4, -0.2) is 109 Å². The zero-order valence-corrected chi connectivity index (χ0v) is 23.5. The molecule has 2 aliphatic heterocycles. The summed E-state index contributed by atoms with van der Waals surface area (Å²) in [6, 6.07) is 11.8. The van der Waals surface area contributed by atoms with E-state index in [9.17, 15) is 4.21 Å². The highest BCUT2D eigenvalue weighted by molar-refractivity contribution is 8.15. The molecule has 14 heteroatoms. The molecule has 0 bridgehead atoms. The average molecular weight is 602 g/mol. The molecule has 1 atom stereocenters. The number of benzene rings is 1. The number of ether oxygens (including phenoxy) is 1. The van der Waals surface area contributed by atoms with Crippen molar-refractivity contribution in [2.45, 2.75) is 17.7 Å². The molecule has 2 aliphatic rings. The van der Waals surface area contributed by atoms with Crippen molar-refractivity contribution in [3.8, 4) is 5.75 Å². The van der Waals surface area contributed by atoms with E-state index in [2.05, 4.69) is 25.7 Å². The summed E-state index contributed by atoms with van der Waals surface area (Å²) in [7, 11) is 0.351. The molecule has 3 aromatic rings. The molecule has 0 amide bonds. The van der Waals surface area contributed by atoms with Gasteiger partial charge in [0.25, 0.3) is 0 Å². The second kappa shape index (κ2) is 17.5. The van der Waals surface area contributed by atoms with E-state index in [1.54, 1.807) is 6.20 Å². The van der Waals surface area contributed by atoms with Gasteiger partial charge in [0.2, 0.25) is 0 Å². The van der Waals surface area contributed by atoms with E-state index in [0.29, 0.717) is 11.0 Å². The van der Waals surface area contributed by atoms with E-state index in [1.807, 2.05) is 42.1 Å². The first-order chi connectivity index (χ1) is 17.7. The van der Waals surface area contributed by atoms with Crippen molar-refractivity contribution in [1.82, 2.24) is 14.9 Å². The fraction of sp³-hybridized carbons (Fsp3) is 0.440. The van der Waals surface area contributed by atoms with Crippen LogP contribution in [0.4, 0.5) is 5.69 Å². The van der Waals surface area contributed by atoms with Crippen molar-refractivity contribution < 1.29 is 30.1 Å². The number of pyridine rings is 1. The summed E-state index contributed by atoms with van der Waals surface area (Å²) in [5.41, 5.74) is 2.85. The van der Waals surface area contributed by atoms with Crippen LogP contribution in [0.25, 0.3) is 10.9 Å². The fourth-order valence-corrected chi connectivity index (χ4v) is 6.88. The second-order valence-electron chi connectivity index (χ2n) is 8.10. The molecule has 1 saturated heterocycles. The van der Waals surface area contributed by atoms with Crippen molar-refractivity contribution in [1.29, 1.82) is 0 Å². The Labute approximate surface area is 240 Å². The number of hydrogen-bond donors (Lipinski definition) is 4. The van der Waals surface area contributed by atoms with Gasteiger partial charge in [-0.15, -0.1) is 0 Å². The monoisotopic (exact) mass is 601 g/mol. The largest absolute Gasteiger partial charge is 0.491 e. The van der Waals surface area contributed by atoms with Gasteiger partial charge in [0.1, 0.15) is 22.4 Å². The van der Waals surface area contributed by atoms with Gasteiger partial charge in [0.05, 0.1) is 30.0 Å². The summed E-state index contributed by atoms with van der Waals surface area (Å²) in [5, 5.41) is 19.5. The van der Waals surface area contributed by atoms with Crippen LogP contribution in [0.1, 0.15) is 13.1 Å². The van der Waals surface area contributed by atoms with Gasteiger partial charge >= 0.3 is 0 Å². The van der Waals surface area contributed by atoms with Gasteiger partial charge in [-0.3, -0.25) is 9.20 Å². The average Bonchev–Trinajstić information content (AvgIpc) is 3.56. The minimum absolute atomic E-state index is 0. The van der Waals surface area contributed by atoms with Crippen molar-refractivity contribution in [2.75, 3.05) is 62.7 Å². The number of H-pyrrole nitrogens is 1. The molecular weight excluding hydrogens is 563 g/mol. The lowest BCUT2D eigenvalue weighted by Crippen LogP contribution is -2.41. The number of anilines is 1. The van der Waals surface area contributed by atoms with Crippen LogP contribution in [-0.2, 0) is 10.8 Å². The van der Waals surface area contributed by atoms with Gasteiger partial charge in [-0.1, -0.05) is 25.3 Å². The van der Waals surface area contributed by atoms with E-state index >= 15 is 0 Å². The Balaban J connectivity index is 0.00000149. The number of aromatic nitrogens is 2. The second-order valence-corrected chi connectivity index (χ2v) is 11.9. The highest BCUT2D eigenvalue weighted by Crippen LogP contribution is 2.35. The first-order valence-electron chi connectivity index (χ1n) is 11.7. The fourth-order valence-electron chi connectivity index (χ4n) is 3.98. The van der Waals surface area contributed by atoms with Gasteiger partial charge in [-0.05, 0) is 24.3 Å². The molecule has 4 heterocycles. The highest BCUT2D eigenvalue weighted by Gasteiger charge is 2.26. The maximum Gasteiger partial charge on any atom is 0.122 e. The summed E-state index contributed by atoms with van der Waals surface area (Å²) in [5.74, 6) is 2.25. The topological polar surface area (TPSA) is 186 Å². The quantitative estimate of drug-likeness (QED) is 0.264. The minimum atomic E-state index is -0.649. The number of nitrogens with zero attached hydrogens (tertiary/aromatic N) is 3. The number of hydrogen-bond acceptors (Lipinski definition) is 10. The number of aliphatic imine (C=N–C) groups is 1. The molecular formula is C25H39N5O6S3. The highest BCUT2D eigenvalue weighted by atomic mass is 32.2. The SMILES string of the molecule is C.CO.O.O.O=S1CCN(CC2CN=C(c3cc4cc(OCCO)cc(NSc5ccccn5)c4[nH]3)S2)CC1. The summed E-state index contributed by atoms with van der Waals surface area (Å²) in [4.78, 5) is 15.1. The Bertz CT molecular complexity index is 1190. The molecule has 2 aromatic heterocycles. The van der Waals surface area contributed by atoms with Crippen molar-refractivity contribution in [2.24, 2.45) is 4.99 Å². The molecule has 0 spiro atoms. The number of fused-ring (bicyclic) bond motifs is 1. The molecule has 1 fully saturated rings. The zero-order chi connectivity index (χ0) is 25.3. The summed E-state index contributed by atoms with van der Waals surface area (Å²) < 4.78 is 20.7. The van der Waals surface area contributed by atoms with Crippen LogP contribution < -0.4 is 9.46 Å². The van der Waals surface area contributed by atoms with Crippen LogP contribution >= 0.6 is 23.7 Å². The summed E-state index contributed by atoms with van der Waals surface area (Å²) >= 11 is 3.24. The number of thioether (sulfide) groups is 1. The molecule has 0 radical (unpaired) electrons. The predicted octanol–water partition coefficient (Wildman–Crippen LogP) is 1.57. The lowest BCUT2D eigenvalue weighted by Gasteiger charge is -2.27. The molecule has 1 unspecified atom stereocenters. The van der Waals surface area contributed by atoms with Gasteiger partial charge in [0.15, 0.2) is 0 Å². The van der Waals surface area contributed by atoms with Crippen molar-refractivity contribution >= 4 is 56.1 Å². The number of aliphatic hydroxyl groups is 2. The van der Waals surface area contributed by atoms with Crippen LogP contribution in [0.15, 0.2) is 52.6 Å². The van der Waals surface area contributed by atoms with Crippen molar-refractivity contribution in [3.63, 3.8) is 0 Å². The Morgan fingerprint density at radius 1 is 1.23 bits per heavy atom. The van der Waals surface area contributed by atoms with E-state index in [0.717, 1.165) is 77.1 Å². The lowest BCUT2D eigenvalue weighted by molar-refractivity contribution is 0.201. The Morgan fingerprint density at radius 3 is 2.69 bits per heavy atom. The number of aliphatic hydroxyl groups excluding tert-OH is 2. The van der Waals surface area contributed by atoms with Gasteiger partial charge in [0, 0.05) is 83.9 Å². The van der Waals surface area contributed by atoms with Crippen LogP contribution in [0.2, 0.25) is 0 Å². The maximum atomic E-state index is 11.6. The third-order valence-electron chi connectivity index (χ3n) is 5.64. The number of nitrogens with one attached hydrogen (secondary N) is 2. The number of aromatic amines is 1. The smallest absolute Gasteiger partial charge is 0.122 e. The van der Waals surface area contributed by atoms with E-state index in [4.69, 9.17) is 19.9 Å². The first kappa shape index (κ1) is 34.9. The molecule has 8 N–H and O–H groups in total. The van der Waals surface area contributed by atoms with Crippen LogP contribution in [0, 0.1) is 0 Å². The Morgan fingerprint density at radius 2 is 2.00 bits per heavy atom. The van der Waals surface area contributed by atoms with Gasteiger partial charge in [-0.2, -0.15) is 0 Å². The van der Waals surface area contributed by atoms with E-state index in [1.165, 1.54) is 11.9 Å². The summed E-state index contributed by atoms with van der Waals surface area (Å²) in [6.07, 6.45) is 1.77. The van der Waals surface area contributed by atoms with Crippen LogP contribution in [0.3, 0.4) is 0 Å². The Hall–Kier alpha value is -2.17. The first-order valence-corrected chi connectivity index (χ1v) is 14.8. The molecule has 5 rings (SSSR count).